The Morgan fingerprint density at radius 2 is 2.06 bits per heavy atom. The van der Waals surface area contributed by atoms with Crippen molar-refractivity contribution < 1.29 is 9.63 Å². The lowest BCUT2D eigenvalue weighted by Gasteiger charge is -2.09. The Hall–Kier alpha value is -2.20. The van der Waals surface area contributed by atoms with Crippen LogP contribution < -0.4 is 0 Å². The van der Waals surface area contributed by atoms with Crippen molar-refractivity contribution in [2.75, 3.05) is 14.2 Å². The van der Waals surface area contributed by atoms with Crippen LogP contribution in [-0.2, 0) is 9.63 Å². The van der Waals surface area contributed by atoms with E-state index in [0.29, 0.717) is 0 Å². The fourth-order valence-corrected chi connectivity index (χ4v) is 1.53. The zero-order valence-electron chi connectivity index (χ0n) is 10.3. The third kappa shape index (κ3) is 2.73. The summed E-state index contributed by atoms with van der Waals surface area (Å²) < 4.78 is 0. The molecular weight excluding hydrogens is 228 g/mol. The topological polar surface area (TPSA) is 42.4 Å². The lowest BCUT2D eigenvalue weighted by atomic mass is 10.2. The largest absolute Gasteiger partial charge is 0.274 e. The molecule has 18 heavy (non-hydrogen) atoms. The summed E-state index contributed by atoms with van der Waals surface area (Å²) in [5.74, 6) is -0.229. The van der Waals surface area contributed by atoms with E-state index in [4.69, 9.17) is 4.84 Å². The molecule has 0 bridgehead atoms. The van der Waals surface area contributed by atoms with Gasteiger partial charge in [0.2, 0.25) is 0 Å². The first-order valence-electron chi connectivity index (χ1n) is 5.56. The number of fused-ring (bicyclic) bond motifs is 1. The number of carbonyl (C=O) groups excluding carboxylic acids is 1. The number of amides is 1. The van der Waals surface area contributed by atoms with Crippen molar-refractivity contribution >= 4 is 22.9 Å². The molecule has 0 radical (unpaired) electrons. The number of nitrogens with zero attached hydrogens (tertiary/aromatic N) is 2. The highest BCUT2D eigenvalue weighted by molar-refractivity contribution is 5.91. The van der Waals surface area contributed by atoms with Crippen LogP contribution >= 0.6 is 0 Å². The van der Waals surface area contributed by atoms with Crippen molar-refractivity contribution in [2.24, 2.45) is 0 Å². The first-order chi connectivity index (χ1) is 8.70. The normalized spacial score (nSPS) is 11.0. The van der Waals surface area contributed by atoms with Gasteiger partial charge in [-0.1, -0.05) is 24.3 Å². The molecule has 0 aliphatic heterocycles. The number of likely N-dealkylation sites (N-methyl/N-ethyl adjacent to an activating group) is 1. The molecule has 4 heteroatoms. The maximum Gasteiger partial charge on any atom is 0.269 e. The van der Waals surface area contributed by atoms with Crippen molar-refractivity contribution in [3.8, 4) is 0 Å². The Kier molecular flexibility index (Phi) is 3.69. The SMILES string of the molecule is CON(C)C(=O)/C=C/c1ccc2ccccc2n1. The molecule has 1 amide bonds. The summed E-state index contributed by atoms with van der Waals surface area (Å²) in [6.45, 7) is 0. The van der Waals surface area contributed by atoms with E-state index in [1.165, 1.54) is 13.2 Å². The molecule has 0 fully saturated rings. The lowest BCUT2D eigenvalue weighted by molar-refractivity contribution is -0.162. The number of rotatable bonds is 3. The number of hydrogen-bond donors (Lipinski definition) is 0. The van der Waals surface area contributed by atoms with Crippen LogP contribution in [0.2, 0.25) is 0 Å². The number of benzene rings is 1. The molecule has 0 aliphatic carbocycles. The Balaban J connectivity index is 2.22. The molecule has 4 nitrogen and oxygen atoms in total. The zero-order valence-corrected chi connectivity index (χ0v) is 10.3. The van der Waals surface area contributed by atoms with Gasteiger partial charge in [-0.2, -0.15) is 0 Å². The molecule has 2 rings (SSSR count). The fourth-order valence-electron chi connectivity index (χ4n) is 1.53. The van der Waals surface area contributed by atoms with Crippen LogP contribution in [-0.4, -0.2) is 30.1 Å². The molecule has 1 heterocycles. The van der Waals surface area contributed by atoms with Crippen molar-refractivity contribution in [3.05, 3.63) is 48.2 Å². The van der Waals surface area contributed by atoms with Crippen molar-refractivity contribution in [2.45, 2.75) is 0 Å². The minimum Gasteiger partial charge on any atom is -0.274 e. The van der Waals surface area contributed by atoms with Crippen molar-refractivity contribution in [3.63, 3.8) is 0 Å². The summed E-state index contributed by atoms with van der Waals surface area (Å²) in [6.07, 6.45) is 3.10. The lowest BCUT2D eigenvalue weighted by Crippen LogP contribution is -2.22. The van der Waals surface area contributed by atoms with E-state index in [1.54, 1.807) is 13.1 Å². The van der Waals surface area contributed by atoms with Gasteiger partial charge in [0.25, 0.3) is 5.91 Å². The molecule has 0 atom stereocenters. The Morgan fingerprint density at radius 3 is 2.83 bits per heavy atom. The van der Waals surface area contributed by atoms with Crippen LogP contribution in [0.3, 0.4) is 0 Å². The Morgan fingerprint density at radius 1 is 1.28 bits per heavy atom. The second-order valence-electron chi connectivity index (χ2n) is 3.78. The zero-order chi connectivity index (χ0) is 13.0. The average Bonchev–Trinajstić information content (AvgIpc) is 2.43. The van der Waals surface area contributed by atoms with E-state index in [9.17, 15) is 4.79 Å². The van der Waals surface area contributed by atoms with Gasteiger partial charge in [0.15, 0.2) is 0 Å². The molecule has 2 aromatic rings. The highest BCUT2D eigenvalue weighted by Gasteiger charge is 2.02. The summed E-state index contributed by atoms with van der Waals surface area (Å²) in [7, 11) is 3.00. The van der Waals surface area contributed by atoms with Crippen LogP contribution in [0.1, 0.15) is 5.69 Å². The molecule has 0 unspecified atom stereocenters. The summed E-state index contributed by atoms with van der Waals surface area (Å²) in [5, 5.41) is 2.23. The smallest absolute Gasteiger partial charge is 0.269 e. The predicted molar refractivity (Wildman–Crippen MR) is 70.6 cm³/mol. The van der Waals surface area contributed by atoms with Gasteiger partial charge in [-0.3, -0.25) is 9.63 Å². The number of hydrogen-bond acceptors (Lipinski definition) is 3. The van der Waals surface area contributed by atoms with E-state index < -0.39 is 0 Å². The summed E-state index contributed by atoms with van der Waals surface area (Å²) in [4.78, 5) is 20.7. The molecule has 1 aromatic heterocycles. The third-order valence-corrected chi connectivity index (χ3v) is 2.60. The highest BCUT2D eigenvalue weighted by atomic mass is 16.7. The van der Waals surface area contributed by atoms with E-state index in [2.05, 4.69) is 4.98 Å². The summed E-state index contributed by atoms with van der Waals surface area (Å²) in [5.41, 5.74) is 1.65. The quantitative estimate of drug-likeness (QED) is 0.612. The minimum atomic E-state index is -0.229. The molecule has 0 spiro atoms. The fraction of sp³-hybridized carbons (Fsp3) is 0.143. The summed E-state index contributed by atoms with van der Waals surface area (Å²) >= 11 is 0. The van der Waals surface area contributed by atoms with Gasteiger partial charge in [-0.05, 0) is 18.2 Å². The van der Waals surface area contributed by atoms with E-state index in [1.807, 2.05) is 36.4 Å². The van der Waals surface area contributed by atoms with E-state index >= 15 is 0 Å². The van der Waals surface area contributed by atoms with Crippen molar-refractivity contribution in [1.82, 2.24) is 10.0 Å². The minimum absolute atomic E-state index is 0.229. The Bertz CT molecular complexity index is 593. The molecule has 1 aromatic carbocycles. The van der Waals surface area contributed by atoms with E-state index in [-0.39, 0.29) is 5.91 Å². The number of pyridine rings is 1. The molecule has 0 saturated heterocycles. The number of para-hydroxylation sites is 1. The van der Waals surface area contributed by atoms with E-state index in [0.717, 1.165) is 21.7 Å². The summed E-state index contributed by atoms with van der Waals surface area (Å²) in [6, 6.07) is 11.7. The maximum atomic E-state index is 11.5. The third-order valence-electron chi connectivity index (χ3n) is 2.60. The molecule has 0 N–H and O–H groups in total. The molecule has 0 aliphatic rings. The van der Waals surface area contributed by atoms with Crippen LogP contribution in [0.25, 0.3) is 17.0 Å². The van der Waals surface area contributed by atoms with Crippen LogP contribution in [0.4, 0.5) is 0 Å². The maximum absolute atomic E-state index is 11.5. The van der Waals surface area contributed by atoms with Gasteiger partial charge < -0.3 is 0 Å². The predicted octanol–water partition coefficient (Wildman–Crippen LogP) is 2.27. The van der Waals surface area contributed by atoms with Gasteiger partial charge in [0.05, 0.1) is 18.3 Å². The molecule has 92 valence electrons. The average molecular weight is 242 g/mol. The van der Waals surface area contributed by atoms with Gasteiger partial charge in [0, 0.05) is 18.5 Å². The van der Waals surface area contributed by atoms with Gasteiger partial charge >= 0.3 is 0 Å². The first kappa shape index (κ1) is 12.3. The van der Waals surface area contributed by atoms with Gasteiger partial charge in [-0.15, -0.1) is 0 Å². The molecule has 0 saturated carbocycles. The van der Waals surface area contributed by atoms with Crippen LogP contribution in [0.15, 0.2) is 42.5 Å². The number of carbonyl (C=O) groups is 1. The number of hydroxylamine groups is 2. The standard InChI is InChI=1S/C14H14N2O2/c1-16(18-2)14(17)10-9-12-8-7-11-5-3-4-6-13(11)15-12/h3-10H,1-2H3/b10-9+. The van der Waals surface area contributed by atoms with Crippen molar-refractivity contribution in [1.29, 1.82) is 0 Å². The number of aromatic nitrogens is 1. The Labute approximate surface area is 105 Å². The second-order valence-corrected chi connectivity index (χ2v) is 3.78. The highest BCUT2D eigenvalue weighted by Crippen LogP contribution is 2.12. The molecular formula is C14H14N2O2. The van der Waals surface area contributed by atoms with Gasteiger partial charge in [0.1, 0.15) is 0 Å². The monoisotopic (exact) mass is 242 g/mol. The van der Waals surface area contributed by atoms with Gasteiger partial charge in [-0.25, -0.2) is 10.0 Å². The van der Waals surface area contributed by atoms with Crippen LogP contribution in [0.5, 0.6) is 0 Å². The first-order valence-corrected chi connectivity index (χ1v) is 5.56. The van der Waals surface area contributed by atoms with Crippen LogP contribution in [0, 0.1) is 0 Å². The second kappa shape index (κ2) is 5.42.